The summed E-state index contributed by atoms with van der Waals surface area (Å²) in [6.45, 7) is 7.61. The summed E-state index contributed by atoms with van der Waals surface area (Å²) in [6, 6.07) is 3.98. The summed E-state index contributed by atoms with van der Waals surface area (Å²) in [5.41, 5.74) is 2.10. The largest absolute Gasteiger partial charge is 0.379 e. The Labute approximate surface area is 120 Å². The minimum absolute atomic E-state index is 0.0107. The minimum Gasteiger partial charge on any atom is -0.379 e. The van der Waals surface area contributed by atoms with Gasteiger partial charge in [0.15, 0.2) is 0 Å². The van der Waals surface area contributed by atoms with Crippen molar-refractivity contribution in [3.05, 3.63) is 29.6 Å². The molecule has 1 amide bonds. The molecule has 1 fully saturated rings. The normalized spacial score (nSPS) is 17.7. The third kappa shape index (κ3) is 4.28. The van der Waals surface area contributed by atoms with E-state index < -0.39 is 0 Å². The van der Waals surface area contributed by atoms with Gasteiger partial charge in [0, 0.05) is 19.3 Å². The fourth-order valence-corrected chi connectivity index (χ4v) is 2.34. The summed E-state index contributed by atoms with van der Waals surface area (Å²) in [5, 5.41) is 3.07. The number of aryl methyl sites for hydroxylation is 1. The summed E-state index contributed by atoms with van der Waals surface area (Å²) in [5.74, 6) is 0.0575. The Hall–Kier alpha value is -1.46. The lowest BCUT2D eigenvalue weighted by molar-refractivity contribution is -0.124. The second-order valence-electron chi connectivity index (χ2n) is 5.17. The number of aromatic nitrogens is 1. The molecular weight excluding hydrogens is 254 g/mol. The van der Waals surface area contributed by atoms with E-state index in [0.717, 1.165) is 30.8 Å². The van der Waals surface area contributed by atoms with Gasteiger partial charge in [-0.25, -0.2) is 0 Å². The van der Waals surface area contributed by atoms with Crippen LogP contribution < -0.4 is 5.32 Å². The van der Waals surface area contributed by atoms with Crippen LogP contribution in [-0.2, 0) is 9.53 Å². The predicted octanol–water partition coefficient (Wildman–Crippen LogP) is 1.29. The molecule has 110 valence electrons. The van der Waals surface area contributed by atoms with Crippen LogP contribution in [0.5, 0.6) is 0 Å². The Morgan fingerprint density at radius 1 is 1.50 bits per heavy atom. The molecule has 5 heteroatoms. The van der Waals surface area contributed by atoms with E-state index >= 15 is 0 Å². The summed E-state index contributed by atoms with van der Waals surface area (Å²) in [6.07, 6.45) is 2.63. The number of nitrogens with one attached hydrogen (secondary N) is 1. The smallest absolute Gasteiger partial charge is 0.234 e. The molecule has 0 aliphatic carbocycles. The van der Waals surface area contributed by atoms with E-state index in [1.54, 1.807) is 6.20 Å². The molecule has 1 atom stereocenters. The van der Waals surface area contributed by atoms with E-state index in [9.17, 15) is 4.79 Å². The van der Waals surface area contributed by atoms with Gasteiger partial charge in [-0.15, -0.1) is 0 Å². The van der Waals surface area contributed by atoms with Crippen molar-refractivity contribution in [3.63, 3.8) is 0 Å². The van der Waals surface area contributed by atoms with E-state index in [1.165, 1.54) is 0 Å². The van der Waals surface area contributed by atoms with E-state index in [4.69, 9.17) is 4.74 Å². The average molecular weight is 277 g/mol. The number of pyridine rings is 1. The molecule has 1 aliphatic rings. The molecule has 0 bridgehead atoms. The average Bonchev–Trinajstić information content (AvgIpc) is 2.46. The summed E-state index contributed by atoms with van der Waals surface area (Å²) >= 11 is 0. The monoisotopic (exact) mass is 277 g/mol. The minimum atomic E-state index is -0.0107. The van der Waals surface area contributed by atoms with Crippen LogP contribution in [-0.4, -0.2) is 48.6 Å². The van der Waals surface area contributed by atoms with Gasteiger partial charge in [-0.1, -0.05) is 6.92 Å². The zero-order chi connectivity index (χ0) is 14.4. The molecule has 0 radical (unpaired) electrons. The second kappa shape index (κ2) is 7.36. The van der Waals surface area contributed by atoms with Gasteiger partial charge in [-0.2, -0.15) is 0 Å². The molecule has 1 aliphatic heterocycles. The molecule has 0 unspecified atom stereocenters. The molecule has 2 rings (SSSR count). The molecule has 1 saturated heterocycles. The van der Waals surface area contributed by atoms with Crippen LogP contribution in [0, 0.1) is 6.92 Å². The first kappa shape index (κ1) is 14.9. The number of morpholine rings is 1. The highest BCUT2D eigenvalue weighted by atomic mass is 16.5. The first-order chi connectivity index (χ1) is 9.69. The standard InChI is InChI=1S/C15H23N3O2/c1-3-13(14-10-12(2)4-5-16-14)17-15(19)11-18-6-8-20-9-7-18/h4-5,10,13H,3,6-9,11H2,1-2H3,(H,17,19)/t13-/m1/s1. The van der Waals surface area contributed by atoms with Crippen LogP contribution in [0.2, 0.25) is 0 Å². The van der Waals surface area contributed by atoms with Gasteiger partial charge in [0.05, 0.1) is 31.5 Å². The molecule has 5 nitrogen and oxygen atoms in total. The third-order valence-electron chi connectivity index (χ3n) is 3.51. The Morgan fingerprint density at radius 3 is 2.90 bits per heavy atom. The van der Waals surface area contributed by atoms with Crippen LogP contribution in [0.25, 0.3) is 0 Å². The molecule has 0 spiro atoms. The summed E-state index contributed by atoms with van der Waals surface area (Å²) < 4.78 is 5.28. The maximum atomic E-state index is 12.1. The molecule has 2 heterocycles. The van der Waals surface area contributed by atoms with Crippen molar-refractivity contribution in [1.29, 1.82) is 0 Å². The molecular formula is C15H23N3O2. The predicted molar refractivity (Wildman–Crippen MR) is 77.4 cm³/mol. The highest BCUT2D eigenvalue weighted by Gasteiger charge is 2.18. The van der Waals surface area contributed by atoms with Gasteiger partial charge in [0.2, 0.25) is 5.91 Å². The Bertz CT molecular complexity index is 444. The molecule has 20 heavy (non-hydrogen) atoms. The first-order valence-electron chi connectivity index (χ1n) is 7.21. The number of nitrogens with zero attached hydrogens (tertiary/aromatic N) is 2. The van der Waals surface area contributed by atoms with Gasteiger partial charge >= 0.3 is 0 Å². The van der Waals surface area contributed by atoms with Crippen LogP contribution in [0.1, 0.15) is 30.6 Å². The zero-order valence-corrected chi connectivity index (χ0v) is 12.3. The molecule has 0 aromatic carbocycles. The van der Waals surface area contributed by atoms with Crippen molar-refractivity contribution in [2.75, 3.05) is 32.8 Å². The lowest BCUT2D eigenvalue weighted by Gasteiger charge is -2.26. The topological polar surface area (TPSA) is 54.5 Å². The van der Waals surface area contributed by atoms with Gasteiger partial charge < -0.3 is 10.1 Å². The number of hydrogen-bond donors (Lipinski definition) is 1. The van der Waals surface area contributed by atoms with Gasteiger partial charge in [-0.05, 0) is 31.0 Å². The fourth-order valence-electron chi connectivity index (χ4n) is 2.34. The summed E-state index contributed by atoms with van der Waals surface area (Å²) in [4.78, 5) is 18.6. The SMILES string of the molecule is CC[C@@H](NC(=O)CN1CCOCC1)c1cc(C)ccn1. The van der Waals surface area contributed by atoms with Crippen molar-refractivity contribution >= 4 is 5.91 Å². The van der Waals surface area contributed by atoms with Crippen LogP contribution in [0.3, 0.4) is 0 Å². The third-order valence-corrected chi connectivity index (χ3v) is 3.51. The van der Waals surface area contributed by atoms with Crippen LogP contribution in [0.15, 0.2) is 18.3 Å². The van der Waals surface area contributed by atoms with E-state index in [-0.39, 0.29) is 11.9 Å². The Kier molecular flexibility index (Phi) is 5.49. The lowest BCUT2D eigenvalue weighted by Crippen LogP contribution is -2.44. The first-order valence-corrected chi connectivity index (χ1v) is 7.21. The lowest BCUT2D eigenvalue weighted by atomic mass is 10.1. The van der Waals surface area contributed by atoms with Gasteiger partial charge in [0.25, 0.3) is 0 Å². The molecule has 1 aromatic heterocycles. The number of ether oxygens (including phenoxy) is 1. The Balaban J connectivity index is 1.90. The number of amides is 1. The highest BCUT2D eigenvalue weighted by Crippen LogP contribution is 2.15. The number of rotatable bonds is 5. The van der Waals surface area contributed by atoms with Crippen LogP contribution in [0.4, 0.5) is 0 Å². The van der Waals surface area contributed by atoms with E-state index in [2.05, 4.69) is 22.1 Å². The van der Waals surface area contributed by atoms with Crippen molar-refractivity contribution in [3.8, 4) is 0 Å². The van der Waals surface area contributed by atoms with E-state index in [0.29, 0.717) is 19.8 Å². The molecule has 1 N–H and O–H groups in total. The van der Waals surface area contributed by atoms with Crippen molar-refractivity contribution in [2.24, 2.45) is 0 Å². The van der Waals surface area contributed by atoms with Gasteiger partial charge in [-0.3, -0.25) is 14.7 Å². The second-order valence-corrected chi connectivity index (χ2v) is 5.17. The number of carbonyl (C=O) groups excluding carboxylic acids is 1. The van der Waals surface area contributed by atoms with E-state index in [1.807, 2.05) is 19.1 Å². The maximum Gasteiger partial charge on any atom is 0.234 e. The maximum absolute atomic E-state index is 12.1. The van der Waals surface area contributed by atoms with Crippen molar-refractivity contribution in [1.82, 2.24) is 15.2 Å². The summed E-state index contributed by atoms with van der Waals surface area (Å²) in [7, 11) is 0. The molecule has 1 aromatic rings. The van der Waals surface area contributed by atoms with Crippen molar-refractivity contribution in [2.45, 2.75) is 26.3 Å². The van der Waals surface area contributed by atoms with Crippen LogP contribution >= 0.6 is 0 Å². The fraction of sp³-hybridized carbons (Fsp3) is 0.600. The van der Waals surface area contributed by atoms with Gasteiger partial charge in [0.1, 0.15) is 0 Å². The molecule has 0 saturated carbocycles. The quantitative estimate of drug-likeness (QED) is 0.881. The highest BCUT2D eigenvalue weighted by molar-refractivity contribution is 5.78. The Morgan fingerprint density at radius 2 is 2.25 bits per heavy atom. The zero-order valence-electron chi connectivity index (χ0n) is 12.3. The number of carbonyl (C=O) groups is 1. The number of hydrogen-bond acceptors (Lipinski definition) is 4. The van der Waals surface area contributed by atoms with Crippen molar-refractivity contribution < 1.29 is 9.53 Å².